The van der Waals surface area contributed by atoms with Crippen LogP contribution in [0.2, 0.25) is 10.2 Å². The van der Waals surface area contributed by atoms with Crippen molar-refractivity contribution in [1.29, 1.82) is 0 Å². The summed E-state index contributed by atoms with van der Waals surface area (Å²) < 4.78 is 0. The Kier molecular flexibility index (Phi) is 6.86. The van der Waals surface area contributed by atoms with Gasteiger partial charge in [-0.2, -0.15) is 5.10 Å². The van der Waals surface area contributed by atoms with Crippen molar-refractivity contribution in [2.45, 2.75) is 25.6 Å². The normalized spacial score (nSPS) is 16.8. The van der Waals surface area contributed by atoms with Gasteiger partial charge in [0.15, 0.2) is 12.5 Å². The Bertz CT molecular complexity index is 1150. The molecule has 4 rings (SSSR count). The Morgan fingerprint density at radius 2 is 2.03 bits per heavy atom. The van der Waals surface area contributed by atoms with Crippen LogP contribution in [0.25, 0.3) is 0 Å². The largest absolute Gasteiger partial charge is 0.384 e. The number of nitrogens with zero attached hydrogens (tertiary/aromatic N) is 3. The molecule has 32 heavy (non-hydrogen) atoms. The van der Waals surface area contributed by atoms with Gasteiger partial charge >= 0.3 is 0 Å². The van der Waals surface area contributed by atoms with Crippen molar-refractivity contribution < 1.29 is 9.90 Å². The Balaban J connectivity index is 1.63. The first kappa shape index (κ1) is 22.4. The molecule has 164 valence electrons. The molecule has 0 spiro atoms. The third kappa shape index (κ3) is 4.84. The van der Waals surface area contributed by atoms with E-state index in [9.17, 15) is 9.90 Å². The van der Waals surface area contributed by atoms with Crippen molar-refractivity contribution in [2.75, 3.05) is 11.6 Å². The molecule has 8 heteroatoms. The molecule has 0 saturated carbocycles. The van der Waals surface area contributed by atoms with Gasteiger partial charge in [0.1, 0.15) is 11.3 Å². The van der Waals surface area contributed by atoms with Crippen LogP contribution in [0.5, 0.6) is 0 Å². The molecule has 2 unspecified atom stereocenters. The number of aryl methyl sites for hydroxylation is 1. The Morgan fingerprint density at radius 1 is 1.19 bits per heavy atom. The summed E-state index contributed by atoms with van der Waals surface area (Å²) in [7, 11) is 0. The van der Waals surface area contributed by atoms with Gasteiger partial charge in [-0.1, -0.05) is 59.1 Å². The number of aromatic nitrogens is 1. The highest BCUT2D eigenvalue weighted by Crippen LogP contribution is 2.31. The van der Waals surface area contributed by atoms with Crippen LogP contribution in [-0.2, 0) is 11.2 Å². The third-order valence-corrected chi connectivity index (χ3v) is 5.93. The van der Waals surface area contributed by atoms with Crippen molar-refractivity contribution in [3.05, 3.63) is 92.7 Å². The summed E-state index contributed by atoms with van der Waals surface area (Å²) in [6, 6.07) is 15.0. The number of hydrogen-bond donors (Lipinski definition) is 2. The number of aliphatic hydroxyl groups excluding tert-OH is 1. The summed E-state index contributed by atoms with van der Waals surface area (Å²) in [5.74, 6) is 0. The topological polar surface area (TPSA) is 77.8 Å². The molecule has 6 nitrogen and oxygen atoms in total. The molecular weight excluding hydrogens is 447 g/mol. The van der Waals surface area contributed by atoms with E-state index in [0.717, 1.165) is 34.2 Å². The number of aldehydes is 1. The lowest BCUT2D eigenvalue weighted by Gasteiger charge is -2.29. The number of rotatable bonds is 6. The highest BCUT2D eigenvalue weighted by atomic mass is 35.5. The van der Waals surface area contributed by atoms with E-state index in [2.05, 4.69) is 15.4 Å². The lowest BCUT2D eigenvalue weighted by molar-refractivity contribution is -0.109. The molecule has 3 aromatic rings. The second-order valence-electron chi connectivity index (χ2n) is 7.60. The maximum atomic E-state index is 11.4. The quantitative estimate of drug-likeness (QED) is 0.416. The maximum absolute atomic E-state index is 11.4. The van der Waals surface area contributed by atoms with E-state index in [1.807, 2.05) is 37.3 Å². The summed E-state index contributed by atoms with van der Waals surface area (Å²) in [6.45, 7) is 2.54. The molecule has 2 atom stereocenters. The first-order chi connectivity index (χ1) is 15.5. The minimum Gasteiger partial charge on any atom is -0.384 e. The van der Waals surface area contributed by atoms with Crippen LogP contribution in [0, 0.1) is 6.92 Å². The van der Waals surface area contributed by atoms with Gasteiger partial charge in [-0.25, -0.2) is 9.99 Å². The maximum Gasteiger partial charge on any atom is 0.159 e. The molecule has 0 aliphatic carbocycles. The van der Waals surface area contributed by atoms with Gasteiger partial charge in [0.25, 0.3) is 0 Å². The minimum atomic E-state index is -0.837. The molecule has 0 saturated heterocycles. The number of aliphatic hydroxyl groups is 1. The average molecular weight is 469 g/mol. The summed E-state index contributed by atoms with van der Waals surface area (Å²) in [4.78, 5) is 15.4. The van der Waals surface area contributed by atoms with Gasteiger partial charge in [0, 0.05) is 29.5 Å². The minimum absolute atomic E-state index is 0.377. The van der Waals surface area contributed by atoms with Crippen LogP contribution in [-0.4, -0.2) is 35.3 Å². The van der Waals surface area contributed by atoms with Crippen LogP contribution in [0.15, 0.2) is 59.8 Å². The fourth-order valence-electron chi connectivity index (χ4n) is 3.70. The van der Waals surface area contributed by atoms with Crippen molar-refractivity contribution in [2.24, 2.45) is 5.10 Å². The average Bonchev–Trinajstić information content (AvgIpc) is 2.80. The number of hydrogen-bond acceptors (Lipinski definition) is 6. The zero-order valence-electron chi connectivity index (χ0n) is 17.4. The Morgan fingerprint density at radius 3 is 2.75 bits per heavy atom. The summed E-state index contributed by atoms with van der Waals surface area (Å²) in [6.07, 6.45) is 3.25. The standard InChI is InChI=1S/C24H22Cl2N4O2/c1-15-2-6-20(24(32)17-4-7-22(26)28-13-17)18(10-15)11-16-3-5-19(12-21(16)25)30-23(14-31)27-8-9-29-30/h2-7,9-10,12-14,23-24,27,32H,8,11H2,1H3. The SMILES string of the molecule is Cc1ccc(C(O)c2ccc(Cl)nc2)c(Cc2ccc(N3N=CCNC3C=O)cc2Cl)c1. The van der Waals surface area contributed by atoms with Gasteiger partial charge < -0.3 is 5.11 Å². The molecular formula is C24H22Cl2N4O2. The molecule has 0 fully saturated rings. The predicted octanol–water partition coefficient (Wildman–Crippen LogP) is 4.29. The molecule has 2 N–H and O–H groups in total. The molecule has 1 aliphatic heterocycles. The van der Waals surface area contributed by atoms with Gasteiger partial charge in [-0.05, 0) is 48.2 Å². The predicted molar refractivity (Wildman–Crippen MR) is 128 cm³/mol. The molecule has 2 heterocycles. The summed E-state index contributed by atoms with van der Waals surface area (Å²) >= 11 is 12.5. The molecule has 1 aromatic heterocycles. The summed E-state index contributed by atoms with van der Waals surface area (Å²) in [5.41, 5.74) is 5.12. The molecule has 0 bridgehead atoms. The number of anilines is 1. The molecule has 1 aliphatic rings. The van der Waals surface area contributed by atoms with E-state index >= 15 is 0 Å². The lowest BCUT2D eigenvalue weighted by Crippen LogP contribution is -2.48. The molecule has 0 amide bonds. The van der Waals surface area contributed by atoms with Crippen molar-refractivity contribution in [3.63, 3.8) is 0 Å². The second-order valence-corrected chi connectivity index (χ2v) is 8.40. The highest BCUT2D eigenvalue weighted by Gasteiger charge is 2.21. The smallest absolute Gasteiger partial charge is 0.159 e. The van der Waals surface area contributed by atoms with E-state index in [1.54, 1.807) is 35.6 Å². The van der Waals surface area contributed by atoms with Crippen molar-refractivity contribution in [3.8, 4) is 0 Å². The number of carbonyl (C=O) groups is 1. The van der Waals surface area contributed by atoms with Crippen LogP contribution >= 0.6 is 23.2 Å². The van der Waals surface area contributed by atoms with Gasteiger partial charge in [0.2, 0.25) is 0 Å². The first-order valence-corrected chi connectivity index (χ1v) is 10.9. The van der Waals surface area contributed by atoms with Crippen LogP contribution < -0.4 is 10.3 Å². The zero-order chi connectivity index (χ0) is 22.7. The monoisotopic (exact) mass is 468 g/mol. The van der Waals surface area contributed by atoms with E-state index in [1.165, 1.54) is 0 Å². The van der Waals surface area contributed by atoms with Crippen molar-refractivity contribution in [1.82, 2.24) is 10.3 Å². The highest BCUT2D eigenvalue weighted by molar-refractivity contribution is 6.31. The zero-order valence-corrected chi connectivity index (χ0v) is 18.9. The number of carbonyl (C=O) groups excluding carboxylic acids is 1. The van der Waals surface area contributed by atoms with Crippen molar-refractivity contribution >= 4 is 41.4 Å². The number of pyridine rings is 1. The number of hydrazone groups is 1. The number of benzene rings is 2. The third-order valence-electron chi connectivity index (χ3n) is 5.36. The fraction of sp³-hybridized carbons (Fsp3) is 0.208. The number of halogens is 2. The van der Waals surface area contributed by atoms with E-state index in [0.29, 0.717) is 28.7 Å². The van der Waals surface area contributed by atoms with E-state index in [-0.39, 0.29) is 0 Å². The van der Waals surface area contributed by atoms with Crippen LogP contribution in [0.1, 0.15) is 33.9 Å². The number of nitrogens with one attached hydrogen (secondary N) is 1. The van der Waals surface area contributed by atoms with Gasteiger partial charge in [-0.15, -0.1) is 0 Å². The van der Waals surface area contributed by atoms with Gasteiger partial charge in [0.05, 0.1) is 5.69 Å². The Hall–Kier alpha value is -2.77. The molecule has 2 aromatic carbocycles. The Labute approximate surface area is 196 Å². The second kappa shape index (κ2) is 9.79. The van der Waals surface area contributed by atoms with E-state index in [4.69, 9.17) is 23.2 Å². The van der Waals surface area contributed by atoms with Gasteiger partial charge in [-0.3, -0.25) is 10.1 Å². The lowest BCUT2D eigenvalue weighted by atomic mass is 9.92. The fourth-order valence-corrected chi connectivity index (χ4v) is 4.06. The summed E-state index contributed by atoms with van der Waals surface area (Å²) in [5, 5.41) is 20.9. The van der Waals surface area contributed by atoms with E-state index < -0.39 is 12.3 Å². The molecule has 0 radical (unpaired) electrons. The van der Waals surface area contributed by atoms with Crippen LogP contribution in [0.4, 0.5) is 5.69 Å². The van der Waals surface area contributed by atoms with Crippen LogP contribution in [0.3, 0.4) is 0 Å². The first-order valence-electron chi connectivity index (χ1n) is 10.1.